The molecule has 14 heteroatoms. The molecule has 136 valence electrons. The molecule has 0 saturated carbocycles. The lowest BCUT2D eigenvalue weighted by Gasteiger charge is -2.31. The standard InChI is InChI=1S/C11H13N5O8S/c12-15(9(17)7-4-23-5-13-7)10(18)8-2-1-6-3-14(8)11(19)16(6)24-25(20,21)22/h4-6,8H,1-3,12H2,(H,20,21,22)/t6-,8+/m1/s1. The van der Waals surface area contributed by atoms with E-state index in [0.29, 0.717) is 10.1 Å². The van der Waals surface area contributed by atoms with Crippen molar-refractivity contribution in [1.82, 2.24) is 20.0 Å². The van der Waals surface area contributed by atoms with Gasteiger partial charge in [-0.1, -0.05) is 0 Å². The third-order valence-corrected chi connectivity index (χ3v) is 4.24. The Morgan fingerprint density at radius 2 is 2.16 bits per heavy atom. The Bertz CT molecular complexity index is 808. The summed E-state index contributed by atoms with van der Waals surface area (Å²) in [5, 5.41) is 0.811. The van der Waals surface area contributed by atoms with Gasteiger partial charge in [-0.15, -0.1) is 4.28 Å². The van der Waals surface area contributed by atoms with Crippen LogP contribution >= 0.6 is 0 Å². The van der Waals surface area contributed by atoms with Crippen molar-refractivity contribution in [3.8, 4) is 0 Å². The summed E-state index contributed by atoms with van der Waals surface area (Å²) in [4.78, 5) is 41.3. The Kier molecular flexibility index (Phi) is 4.19. The highest BCUT2D eigenvalue weighted by atomic mass is 32.3. The number of urea groups is 1. The minimum Gasteiger partial charge on any atom is -0.451 e. The van der Waals surface area contributed by atoms with E-state index in [1.54, 1.807) is 0 Å². The van der Waals surface area contributed by atoms with Crippen LogP contribution in [0.1, 0.15) is 23.3 Å². The Balaban J connectivity index is 1.75. The molecule has 3 heterocycles. The van der Waals surface area contributed by atoms with Gasteiger partial charge in [0.1, 0.15) is 12.3 Å². The first kappa shape index (κ1) is 17.3. The van der Waals surface area contributed by atoms with Gasteiger partial charge in [-0.05, 0) is 12.8 Å². The molecule has 2 bridgehead atoms. The Morgan fingerprint density at radius 3 is 2.76 bits per heavy atom. The molecule has 2 fully saturated rings. The van der Waals surface area contributed by atoms with Crippen molar-refractivity contribution in [1.29, 1.82) is 0 Å². The lowest BCUT2D eigenvalue weighted by molar-refractivity contribution is -0.134. The van der Waals surface area contributed by atoms with Gasteiger partial charge in [0.2, 0.25) is 0 Å². The van der Waals surface area contributed by atoms with E-state index < -0.39 is 40.3 Å². The summed E-state index contributed by atoms with van der Waals surface area (Å²) in [6, 6.07) is -2.67. The van der Waals surface area contributed by atoms with E-state index >= 15 is 0 Å². The number of rotatable bonds is 4. The van der Waals surface area contributed by atoms with Crippen LogP contribution in [0.15, 0.2) is 17.1 Å². The summed E-state index contributed by atoms with van der Waals surface area (Å²) in [7, 11) is -4.89. The summed E-state index contributed by atoms with van der Waals surface area (Å²) in [6.07, 6.45) is 2.33. The molecule has 0 radical (unpaired) electrons. The fourth-order valence-electron chi connectivity index (χ4n) is 2.79. The van der Waals surface area contributed by atoms with Crippen molar-refractivity contribution < 1.29 is 36.1 Å². The van der Waals surface area contributed by atoms with Crippen LogP contribution in [-0.2, 0) is 19.5 Å². The van der Waals surface area contributed by atoms with Gasteiger partial charge in [-0.25, -0.2) is 20.6 Å². The fraction of sp³-hybridized carbons (Fsp3) is 0.455. The van der Waals surface area contributed by atoms with E-state index in [-0.39, 0.29) is 25.1 Å². The first-order chi connectivity index (χ1) is 11.7. The number of hydrazine groups is 1. The molecule has 2 atom stereocenters. The monoisotopic (exact) mass is 375 g/mol. The van der Waals surface area contributed by atoms with Crippen LogP contribution in [-0.4, -0.2) is 69.4 Å². The molecule has 0 aliphatic carbocycles. The van der Waals surface area contributed by atoms with Crippen molar-refractivity contribution >= 4 is 28.2 Å². The third kappa shape index (κ3) is 3.19. The number of piperidine rings is 1. The highest BCUT2D eigenvalue weighted by molar-refractivity contribution is 7.80. The predicted octanol–water partition coefficient (Wildman–Crippen LogP) is -1.48. The van der Waals surface area contributed by atoms with E-state index in [1.165, 1.54) is 0 Å². The first-order valence-electron chi connectivity index (χ1n) is 6.97. The molecule has 3 rings (SSSR count). The molecule has 0 unspecified atom stereocenters. The molecule has 2 aliphatic heterocycles. The van der Waals surface area contributed by atoms with Gasteiger partial charge in [-0.2, -0.15) is 13.5 Å². The number of hydrogen-bond acceptors (Lipinski definition) is 9. The SMILES string of the molecule is NN(C(=O)c1cocn1)C(=O)[C@@H]1CC[C@@H]2CN1C(=O)N2OS(=O)(=O)O. The number of amides is 4. The van der Waals surface area contributed by atoms with Crippen molar-refractivity contribution in [3.63, 3.8) is 0 Å². The maximum atomic E-state index is 12.5. The summed E-state index contributed by atoms with van der Waals surface area (Å²) in [5.41, 5.74) is -0.186. The largest absolute Gasteiger partial charge is 0.451 e. The van der Waals surface area contributed by atoms with Crippen molar-refractivity contribution in [3.05, 3.63) is 18.4 Å². The smallest absolute Gasteiger partial charge is 0.418 e. The van der Waals surface area contributed by atoms with Gasteiger partial charge in [0.05, 0.1) is 6.04 Å². The van der Waals surface area contributed by atoms with Crippen molar-refractivity contribution in [2.24, 2.45) is 5.84 Å². The molecule has 13 nitrogen and oxygen atoms in total. The summed E-state index contributed by atoms with van der Waals surface area (Å²) in [5.74, 6) is 3.74. The molecule has 0 spiro atoms. The summed E-state index contributed by atoms with van der Waals surface area (Å²) >= 11 is 0. The predicted molar refractivity (Wildman–Crippen MR) is 75.3 cm³/mol. The molecular formula is C11H13N5O8S. The zero-order valence-corrected chi connectivity index (χ0v) is 13.3. The second-order valence-electron chi connectivity index (χ2n) is 5.40. The Morgan fingerprint density at radius 1 is 1.44 bits per heavy atom. The molecule has 2 saturated heterocycles. The van der Waals surface area contributed by atoms with Gasteiger partial charge < -0.3 is 9.32 Å². The maximum Gasteiger partial charge on any atom is 0.418 e. The van der Waals surface area contributed by atoms with Crippen LogP contribution in [0.5, 0.6) is 0 Å². The molecular weight excluding hydrogens is 362 g/mol. The highest BCUT2D eigenvalue weighted by Crippen LogP contribution is 2.31. The topological polar surface area (TPSA) is 177 Å². The minimum absolute atomic E-state index is 0.0171. The van der Waals surface area contributed by atoms with Gasteiger partial charge in [0, 0.05) is 6.54 Å². The Hall–Kier alpha value is -2.55. The van der Waals surface area contributed by atoms with Gasteiger partial charge in [-0.3, -0.25) is 14.1 Å². The lowest BCUT2D eigenvalue weighted by Crippen LogP contribution is -2.55. The minimum atomic E-state index is -4.89. The first-order valence-corrected chi connectivity index (χ1v) is 8.33. The van der Waals surface area contributed by atoms with Gasteiger partial charge >= 0.3 is 16.4 Å². The average molecular weight is 375 g/mol. The number of oxazole rings is 1. The number of aromatic nitrogens is 1. The zero-order valence-electron chi connectivity index (χ0n) is 12.5. The fourth-order valence-corrected chi connectivity index (χ4v) is 3.18. The van der Waals surface area contributed by atoms with Crippen LogP contribution in [0.2, 0.25) is 0 Å². The van der Waals surface area contributed by atoms with Crippen LogP contribution < -0.4 is 5.84 Å². The van der Waals surface area contributed by atoms with E-state index in [0.717, 1.165) is 17.6 Å². The van der Waals surface area contributed by atoms with Gasteiger partial charge in [0.15, 0.2) is 12.1 Å². The highest BCUT2D eigenvalue weighted by Gasteiger charge is 2.50. The molecule has 2 aliphatic rings. The molecule has 4 amide bonds. The summed E-state index contributed by atoms with van der Waals surface area (Å²) in [6.45, 7) is -0.0171. The molecule has 25 heavy (non-hydrogen) atoms. The molecule has 1 aromatic heterocycles. The van der Waals surface area contributed by atoms with E-state index in [9.17, 15) is 22.8 Å². The summed E-state index contributed by atoms with van der Waals surface area (Å²) < 4.78 is 39.3. The third-order valence-electron chi connectivity index (χ3n) is 3.89. The van der Waals surface area contributed by atoms with E-state index in [2.05, 4.69) is 13.7 Å². The van der Waals surface area contributed by atoms with E-state index in [4.69, 9.17) is 10.4 Å². The van der Waals surface area contributed by atoms with Crippen molar-refractivity contribution in [2.45, 2.75) is 24.9 Å². The second kappa shape index (κ2) is 6.07. The van der Waals surface area contributed by atoms with Crippen LogP contribution in [0.3, 0.4) is 0 Å². The van der Waals surface area contributed by atoms with Crippen molar-refractivity contribution in [2.75, 3.05) is 6.54 Å². The number of hydrogen-bond donors (Lipinski definition) is 2. The molecule has 0 aromatic carbocycles. The number of hydroxylamine groups is 2. The lowest BCUT2D eigenvalue weighted by atomic mass is 10.00. The molecule has 1 aromatic rings. The van der Waals surface area contributed by atoms with Crippen LogP contribution in [0, 0.1) is 0 Å². The zero-order chi connectivity index (χ0) is 18.4. The number of imide groups is 1. The van der Waals surface area contributed by atoms with E-state index in [1.807, 2.05) is 0 Å². The number of nitrogens with two attached hydrogens (primary N) is 1. The average Bonchev–Trinajstić information content (AvgIpc) is 3.16. The normalized spacial score (nSPS) is 23.0. The number of fused-ring (bicyclic) bond motifs is 2. The molecule has 3 N–H and O–H groups in total. The Labute approximate surface area is 140 Å². The maximum absolute atomic E-state index is 12.5. The van der Waals surface area contributed by atoms with Crippen LogP contribution in [0.4, 0.5) is 4.79 Å². The second-order valence-corrected chi connectivity index (χ2v) is 6.40. The number of nitrogens with zero attached hydrogens (tertiary/aromatic N) is 4. The van der Waals surface area contributed by atoms with Crippen LogP contribution in [0.25, 0.3) is 0 Å². The number of carbonyl (C=O) groups is 3. The number of carbonyl (C=O) groups excluding carboxylic acids is 3. The quantitative estimate of drug-likeness (QED) is 0.207. The van der Waals surface area contributed by atoms with Gasteiger partial charge in [0.25, 0.3) is 11.8 Å².